The molecule has 31 heavy (non-hydrogen) atoms. The minimum Gasteiger partial charge on any atom is -0.455 e. The highest BCUT2D eigenvalue weighted by atomic mass is 35.5. The van der Waals surface area contributed by atoms with Gasteiger partial charge in [0, 0.05) is 23.8 Å². The molecule has 1 aliphatic heterocycles. The summed E-state index contributed by atoms with van der Waals surface area (Å²) in [6, 6.07) is 11.6. The van der Waals surface area contributed by atoms with Gasteiger partial charge in [0.05, 0.1) is 10.8 Å². The maximum Gasteiger partial charge on any atom is 0.309 e. The van der Waals surface area contributed by atoms with Gasteiger partial charge in [-0.1, -0.05) is 23.7 Å². The minimum atomic E-state index is -3.64. The van der Waals surface area contributed by atoms with E-state index in [2.05, 4.69) is 5.32 Å². The van der Waals surface area contributed by atoms with E-state index in [1.807, 2.05) is 26.0 Å². The van der Waals surface area contributed by atoms with E-state index in [1.54, 1.807) is 6.07 Å². The third-order valence-electron chi connectivity index (χ3n) is 5.46. The molecular formula is C22H25ClN2O5S. The fourth-order valence-corrected chi connectivity index (χ4v) is 5.01. The average molecular weight is 465 g/mol. The fourth-order valence-electron chi connectivity index (χ4n) is 3.41. The molecule has 1 amide bonds. The molecule has 0 radical (unpaired) electrons. The van der Waals surface area contributed by atoms with E-state index < -0.39 is 27.8 Å². The molecule has 3 rings (SSSR count). The number of hydrogen-bond donors (Lipinski definition) is 1. The smallest absolute Gasteiger partial charge is 0.309 e. The van der Waals surface area contributed by atoms with Crippen molar-refractivity contribution in [1.82, 2.24) is 4.31 Å². The molecule has 2 aromatic carbocycles. The van der Waals surface area contributed by atoms with Crippen molar-refractivity contribution in [1.29, 1.82) is 0 Å². The molecule has 7 nitrogen and oxygen atoms in total. The highest BCUT2D eigenvalue weighted by Gasteiger charge is 2.33. The highest BCUT2D eigenvalue weighted by Crippen LogP contribution is 2.25. The molecular weight excluding hydrogens is 440 g/mol. The van der Waals surface area contributed by atoms with Gasteiger partial charge < -0.3 is 10.1 Å². The zero-order valence-electron chi connectivity index (χ0n) is 17.4. The van der Waals surface area contributed by atoms with E-state index in [0.29, 0.717) is 23.6 Å². The summed E-state index contributed by atoms with van der Waals surface area (Å²) in [5, 5.41) is 3.21. The number of nitrogens with zero attached hydrogens (tertiary/aromatic N) is 1. The first-order valence-corrected chi connectivity index (χ1v) is 11.8. The zero-order chi connectivity index (χ0) is 22.6. The molecule has 1 N–H and O–H groups in total. The van der Waals surface area contributed by atoms with E-state index >= 15 is 0 Å². The molecule has 1 saturated heterocycles. The third kappa shape index (κ3) is 5.64. The van der Waals surface area contributed by atoms with Crippen molar-refractivity contribution >= 4 is 39.2 Å². The predicted octanol–water partition coefficient (Wildman–Crippen LogP) is 3.54. The maximum absolute atomic E-state index is 12.7. The van der Waals surface area contributed by atoms with Crippen LogP contribution in [-0.4, -0.2) is 44.3 Å². The first-order chi connectivity index (χ1) is 14.7. The number of piperidine rings is 1. The Morgan fingerprint density at radius 1 is 1.10 bits per heavy atom. The molecule has 0 saturated carbocycles. The van der Waals surface area contributed by atoms with Crippen LogP contribution in [0.2, 0.25) is 5.02 Å². The SMILES string of the molecule is Cc1cccc(NC(=O)COC(=O)C2CCN(S(=O)(=O)c3ccc(Cl)cc3)CC2)c1C. The number of carbonyl (C=O) groups is 2. The lowest BCUT2D eigenvalue weighted by Gasteiger charge is -2.30. The monoisotopic (exact) mass is 464 g/mol. The quantitative estimate of drug-likeness (QED) is 0.660. The summed E-state index contributed by atoms with van der Waals surface area (Å²) in [4.78, 5) is 24.7. The number of aryl methyl sites for hydroxylation is 1. The van der Waals surface area contributed by atoms with E-state index in [0.717, 1.165) is 11.1 Å². The van der Waals surface area contributed by atoms with Crippen LogP contribution in [-0.2, 0) is 24.3 Å². The summed E-state index contributed by atoms with van der Waals surface area (Å²) < 4.78 is 32.0. The molecule has 0 unspecified atom stereocenters. The van der Waals surface area contributed by atoms with E-state index in [-0.39, 0.29) is 24.6 Å². The Balaban J connectivity index is 1.49. The third-order valence-corrected chi connectivity index (χ3v) is 7.63. The number of hydrogen-bond acceptors (Lipinski definition) is 5. The fraction of sp³-hybridized carbons (Fsp3) is 0.364. The van der Waals surface area contributed by atoms with Crippen molar-refractivity contribution in [2.75, 3.05) is 25.0 Å². The van der Waals surface area contributed by atoms with Crippen molar-refractivity contribution in [3.63, 3.8) is 0 Å². The zero-order valence-corrected chi connectivity index (χ0v) is 19.0. The van der Waals surface area contributed by atoms with Gasteiger partial charge in [-0.2, -0.15) is 4.31 Å². The van der Waals surface area contributed by atoms with Crippen LogP contribution >= 0.6 is 11.6 Å². The van der Waals surface area contributed by atoms with Crippen LogP contribution in [0, 0.1) is 19.8 Å². The second-order valence-corrected chi connectivity index (χ2v) is 9.91. The number of amides is 1. The summed E-state index contributed by atoms with van der Waals surface area (Å²) in [6.45, 7) is 3.89. The molecule has 9 heteroatoms. The Kier molecular flexibility index (Phi) is 7.35. The molecule has 0 aliphatic carbocycles. The van der Waals surface area contributed by atoms with Crippen molar-refractivity contribution in [3.05, 3.63) is 58.6 Å². The molecule has 0 bridgehead atoms. The number of anilines is 1. The van der Waals surface area contributed by atoms with Crippen molar-refractivity contribution in [2.45, 2.75) is 31.6 Å². The molecule has 0 spiro atoms. The summed E-state index contributed by atoms with van der Waals surface area (Å²) in [7, 11) is -3.64. The van der Waals surface area contributed by atoms with Gasteiger partial charge in [-0.05, 0) is 68.1 Å². The van der Waals surface area contributed by atoms with Crippen LogP contribution in [0.15, 0.2) is 47.4 Å². The first kappa shape index (κ1) is 23.2. The van der Waals surface area contributed by atoms with Gasteiger partial charge in [0.1, 0.15) is 0 Å². The van der Waals surface area contributed by atoms with Gasteiger partial charge in [0.15, 0.2) is 6.61 Å². The Morgan fingerprint density at radius 3 is 2.39 bits per heavy atom. The second kappa shape index (κ2) is 9.80. The van der Waals surface area contributed by atoms with Crippen LogP contribution in [0.5, 0.6) is 0 Å². The van der Waals surface area contributed by atoms with Gasteiger partial charge in [-0.25, -0.2) is 8.42 Å². The van der Waals surface area contributed by atoms with Crippen LogP contribution in [0.25, 0.3) is 0 Å². The topological polar surface area (TPSA) is 92.8 Å². The average Bonchev–Trinajstić information content (AvgIpc) is 2.75. The lowest BCUT2D eigenvalue weighted by atomic mass is 9.98. The number of benzene rings is 2. The predicted molar refractivity (Wildman–Crippen MR) is 118 cm³/mol. The Labute approximate surface area is 187 Å². The normalized spacial score (nSPS) is 15.5. The van der Waals surface area contributed by atoms with Gasteiger partial charge in [0.2, 0.25) is 10.0 Å². The molecule has 1 fully saturated rings. The number of sulfonamides is 1. The number of esters is 1. The first-order valence-electron chi connectivity index (χ1n) is 9.97. The molecule has 0 aromatic heterocycles. The lowest BCUT2D eigenvalue weighted by Crippen LogP contribution is -2.40. The summed E-state index contributed by atoms with van der Waals surface area (Å²) in [5.41, 5.74) is 2.69. The Morgan fingerprint density at radius 2 is 1.74 bits per heavy atom. The van der Waals surface area contributed by atoms with Crippen LogP contribution in [0.3, 0.4) is 0 Å². The number of rotatable bonds is 6. The number of halogens is 1. The number of ether oxygens (including phenoxy) is 1. The number of carbonyl (C=O) groups excluding carboxylic acids is 2. The molecule has 1 aliphatic rings. The largest absolute Gasteiger partial charge is 0.455 e. The molecule has 166 valence electrons. The van der Waals surface area contributed by atoms with E-state index in [9.17, 15) is 18.0 Å². The van der Waals surface area contributed by atoms with Crippen molar-refractivity contribution in [2.24, 2.45) is 5.92 Å². The van der Waals surface area contributed by atoms with Gasteiger partial charge in [-0.3, -0.25) is 9.59 Å². The van der Waals surface area contributed by atoms with Gasteiger partial charge in [0.25, 0.3) is 5.91 Å². The van der Waals surface area contributed by atoms with E-state index in [4.69, 9.17) is 16.3 Å². The maximum atomic E-state index is 12.7. The van der Waals surface area contributed by atoms with Crippen molar-refractivity contribution in [3.8, 4) is 0 Å². The minimum absolute atomic E-state index is 0.168. The standard InChI is InChI=1S/C22H25ClN2O5S/c1-15-4-3-5-20(16(15)2)24-21(26)14-30-22(27)17-10-12-25(13-11-17)31(28,29)19-8-6-18(23)7-9-19/h3-9,17H,10-14H2,1-2H3,(H,24,26). The highest BCUT2D eigenvalue weighted by molar-refractivity contribution is 7.89. The number of nitrogens with one attached hydrogen (secondary N) is 1. The molecule has 0 atom stereocenters. The van der Waals surface area contributed by atoms with Gasteiger partial charge in [-0.15, -0.1) is 0 Å². The molecule has 2 aromatic rings. The lowest BCUT2D eigenvalue weighted by molar-refractivity contribution is -0.152. The van der Waals surface area contributed by atoms with E-state index in [1.165, 1.54) is 28.6 Å². The van der Waals surface area contributed by atoms with Gasteiger partial charge >= 0.3 is 5.97 Å². The van der Waals surface area contributed by atoms with Crippen molar-refractivity contribution < 1.29 is 22.7 Å². The Bertz CT molecular complexity index is 1060. The van der Waals surface area contributed by atoms with Crippen LogP contribution in [0.4, 0.5) is 5.69 Å². The molecule has 1 heterocycles. The van der Waals surface area contributed by atoms with Crippen LogP contribution in [0.1, 0.15) is 24.0 Å². The Hall–Kier alpha value is -2.42. The summed E-state index contributed by atoms with van der Waals surface area (Å²) in [6.07, 6.45) is 0.675. The summed E-state index contributed by atoms with van der Waals surface area (Å²) in [5.74, 6) is -1.34. The van der Waals surface area contributed by atoms with Crippen LogP contribution < -0.4 is 5.32 Å². The second-order valence-electron chi connectivity index (χ2n) is 7.54. The summed E-state index contributed by atoms with van der Waals surface area (Å²) >= 11 is 5.82.